The van der Waals surface area contributed by atoms with Crippen LogP contribution in [0.2, 0.25) is 0 Å². The fourth-order valence-corrected chi connectivity index (χ4v) is 2.34. The normalized spacial score (nSPS) is 12.0. The maximum Gasteiger partial charge on any atom is 0.419 e. The van der Waals surface area contributed by atoms with Gasteiger partial charge in [-0.05, 0) is 42.5 Å². The molecule has 0 radical (unpaired) electrons. The van der Waals surface area contributed by atoms with E-state index in [1.807, 2.05) is 0 Å². The summed E-state index contributed by atoms with van der Waals surface area (Å²) < 4.78 is 114. The molecule has 0 aliphatic rings. The molecule has 0 unspecified atom stereocenters. The highest BCUT2D eigenvalue weighted by molar-refractivity contribution is 5.39. The van der Waals surface area contributed by atoms with Crippen LogP contribution >= 0.6 is 0 Å². The number of aromatic nitrogens is 1. The third kappa shape index (κ3) is 4.97. The quantitative estimate of drug-likeness (QED) is 0.415. The van der Waals surface area contributed by atoms with E-state index in [0.717, 1.165) is 24.4 Å². The molecule has 0 atom stereocenters. The molecule has 0 bridgehead atoms. The molecule has 11 heteroatoms. The van der Waals surface area contributed by atoms with Gasteiger partial charge in [0.1, 0.15) is 28.9 Å². The monoisotopic (exact) mass is 435 g/mol. The van der Waals surface area contributed by atoms with Gasteiger partial charge < -0.3 is 9.47 Å². The molecule has 0 aliphatic carbocycles. The van der Waals surface area contributed by atoms with Crippen molar-refractivity contribution in [2.75, 3.05) is 0 Å². The van der Waals surface area contributed by atoms with Crippen molar-refractivity contribution in [3.05, 3.63) is 77.5 Å². The smallest absolute Gasteiger partial charge is 0.419 e. The fourth-order valence-electron chi connectivity index (χ4n) is 2.34. The highest BCUT2D eigenvalue weighted by Crippen LogP contribution is 2.36. The zero-order chi connectivity index (χ0) is 22.1. The van der Waals surface area contributed by atoms with Crippen LogP contribution in [0.15, 0.2) is 54.7 Å². The SMILES string of the molecule is Fc1ccc(Oc2ccnc(Oc3ccc(F)c(C(F)(F)F)c3)c2)cc1C(F)(F)F. The Bertz CT molecular complexity index is 982. The number of hydrogen-bond donors (Lipinski definition) is 0. The van der Waals surface area contributed by atoms with E-state index in [9.17, 15) is 35.1 Å². The summed E-state index contributed by atoms with van der Waals surface area (Å²) >= 11 is 0. The molecule has 0 amide bonds. The van der Waals surface area contributed by atoms with Gasteiger partial charge in [-0.25, -0.2) is 13.8 Å². The molecule has 0 spiro atoms. The number of rotatable bonds is 4. The van der Waals surface area contributed by atoms with Crippen LogP contribution in [0.1, 0.15) is 11.1 Å². The van der Waals surface area contributed by atoms with Crippen molar-refractivity contribution in [2.45, 2.75) is 12.4 Å². The number of nitrogens with zero attached hydrogens (tertiary/aromatic N) is 1. The second-order valence-corrected chi connectivity index (χ2v) is 5.81. The summed E-state index contributed by atoms with van der Waals surface area (Å²) in [5, 5.41) is 0. The van der Waals surface area contributed by atoms with Crippen molar-refractivity contribution >= 4 is 0 Å². The molecule has 0 aliphatic heterocycles. The van der Waals surface area contributed by atoms with Gasteiger partial charge in [0.05, 0.1) is 11.1 Å². The van der Waals surface area contributed by atoms with Crippen molar-refractivity contribution in [1.82, 2.24) is 4.98 Å². The van der Waals surface area contributed by atoms with E-state index in [1.165, 1.54) is 6.07 Å². The van der Waals surface area contributed by atoms with Crippen LogP contribution in [0.3, 0.4) is 0 Å². The number of ether oxygens (including phenoxy) is 2. The van der Waals surface area contributed by atoms with Crippen molar-refractivity contribution in [2.24, 2.45) is 0 Å². The lowest BCUT2D eigenvalue weighted by atomic mass is 10.2. The van der Waals surface area contributed by atoms with Crippen LogP contribution in [0.5, 0.6) is 23.1 Å². The highest BCUT2D eigenvalue weighted by atomic mass is 19.4. The van der Waals surface area contributed by atoms with Crippen LogP contribution in [0.4, 0.5) is 35.1 Å². The Hall–Kier alpha value is -3.37. The number of benzene rings is 2. The van der Waals surface area contributed by atoms with E-state index in [2.05, 4.69) is 4.98 Å². The summed E-state index contributed by atoms with van der Waals surface area (Å²) in [4.78, 5) is 3.74. The lowest BCUT2D eigenvalue weighted by molar-refractivity contribution is -0.140. The van der Waals surface area contributed by atoms with Crippen LogP contribution < -0.4 is 9.47 Å². The maximum atomic E-state index is 13.3. The molecule has 0 saturated carbocycles. The van der Waals surface area contributed by atoms with Gasteiger partial charge in [0.2, 0.25) is 5.88 Å². The van der Waals surface area contributed by atoms with E-state index in [1.54, 1.807) is 0 Å². The standard InChI is InChI=1S/C19H9F8NO2/c20-15-3-1-10(7-13(15)18(22,23)24)29-12-5-6-28-17(9-12)30-11-2-4-16(21)14(8-11)19(25,26)27/h1-9H. The molecule has 3 nitrogen and oxygen atoms in total. The number of hydrogen-bond acceptors (Lipinski definition) is 3. The predicted octanol–water partition coefficient (Wildman–Crippen LogP) is 6.98. The summed E-state index contributed by atoms with van der Waals surface area (Å²) in [6, 6.07) is 6.23. The predicted molar refractivity (Wildman–Crippen MR) is 87.2 cm³/mol. The number of pyridine rings is 1. The van der Waals surface area contributed by atoms with Crippen molar-refractivity contribution in [1.29, 1.82) is 0 Å². The lowest BCUT2D eigenvalue weighted by Gasteiger charge is -2.12. The van der Waals surface area contributed by atoms with Gasteiger partial charge in [0, 0.05) is 12.3 Å². The molecule has 0 fully saturated rings. The molecule has 3 aromatic rings. The second-order valence-electron chi connectivity index (χ2n) is 5.81. The Morgan fingerprint density at radius 2 is 1.07 bits per heavy atom. The molecule has 3 rings (SSSR count). The average molecular weight is 435 g/mol. The summed E-state index contributed by atoms with van der Waals surface area (Å²) in [5.74, 6) is -4.05. The largest absolute Gasteiger partial charge is 0.457 e. The van der Waals surface area contributed by atoms with E-state index in [4.69, 9.17) is 9.47 Å². The summed E-state index contributed by atoms with van der Waals surface area (Å²) in [6.07, 6.45) is -8.76. The minimum atomic E-state index is -4.94. The van der Waals surface area contributed by atoms with Crippen molar-refractivity contribution < 1.29 is 44.6 Å². The van der Waals surface area contributed by atoms with Crippen molar-refractivity contribution in [3.8, 4) is 23.1 Å². The minimum absolute atomic E-state index is 0.0853. The fraction of sp³-hybridized carbons (Fsp3) is 0.105. The van der Waals surface area contributed by atoms with Crippen LogP contribution in [0.25, 0.3) is 0 Å². The molecule has 0 saturated heterocycles. The Labute approximate surface area is 163 Å². The Kier molecular flexibility index (Phi) is 5.55. The molecule has 1 heterocycles. The number of halogens is 8. The third-order valence-corrected chi connectivity index (χ3v) is 3.65. The summed E-state index contributed by atoms with van der Waals surface area (Å²) in [5.41, 5.74) is -3.07. The minimum Gasteiger partial charge on any atom is -0.457 e. The molecular weight excluding hydrogens is 426 g/mol. The first-order chi connectivity index (χ1) is 13.9. The molecular formula is C19H9F8NO2. The first-order valence-corrected chi connectivity index (χ1v) is 7.99. The van der Waals surface area contributed by atoms with Gasteiger partial charge in [-0.3, -0.25) is 0 Å². The molecule has 0 N–H and O–H groups in total. The zero-order valence-corrected chi connectivity index (χ0v) is 14.5. The van der Waals surface area contributed by atoms with Gasteiger partial charge >= 0.3 is 12.4 Å². The van der Waals surface area contributed by atoms with E-state index in [-0.39, 0.29) is 23.1 Å². The van der Waals surface area contributed by atoms with Gasteiger partial charge in [-0.15, -0.1) is 0 Å². The van der Waals surface area contributed by atoms with Gasteiger partial charge in [-0.2, -0.15) is 26.3 Å². The van der Waals surface area contributed by atoms with Crippen LogP contribution in [-0.4, -0.2) is 4.98 Å². The average Bonchev–Trinajstić information content (AvgIpc) is 2.63. The second kappa shape index (κ2) is 7.81. The van der Waals surface area contributed by atoms with Crippen molar-refractivity contribution in [3.63, 3.8) is 0 Å². The van der Waals surface area contributed by atoms with E-state index in [0.29, 0.717) is 24.3 Å². The highest BCUT2D eigenvalue weighted by Gasteiger charge is 2.35. The van der Waals surface area contributed by atoms with Crippen LogP contribution in [0, 0.1) is 11.6 Å². The Morgan fingerprint density at radius 3 is 1.57 bits per heavy atom. The third-order valence-electron chi connectivity index (χ3n) is 3.65. The van der Waals surface area contributed by atoms with Crippen LogP contribution in [-0.2, 0) is 12.4 Å². The molecule has 1 aromatic heterocycles. The topological polar surface area (TPSA) is 31.4 Å². The lowest BCUT2D eigenvalue weighted by Crippen LogP contribution is -2.08. The van der Waals surface area contributed by atoms with E-state index < -0.39 is 35.1 Å². The molecule has 158 valence electrons. The first-order valence-electron chi connectivity index (χ1n) is 7.99. The molecule has 30 heavy (non-hydrogen) atoms. The maximum absolute atomic E-state index is 13.3. The van der Waals surface area contributed by atoms with Gasteiger partial charge in [-0.1, -0.05) is 0 Å². The van der Waals surface area contributed by atoms with Gasteiger partial charge in [0.25, 0.3) is 0 Å². The van der Waals surface area contributed by atoms with E-state index >= 15 is 0 Å². The Balaban J connectivity index is 1.83. The summed E-state index contributed by atoms with van der Waals surface area (Å²) in [7, 11) is 0. The summed E-state index contributed by atoms with van der Waals surface area (Å²) in [6.45, 7) is 0. The number of alkyl halides is 6. The Morgan fingerprint density at radius 1 is 0.600 bits per heavy atom. The first kappa shape index (κ1) is 21.3. The molecule has 2 aromatic carbocycles. The van der Waals surface area contributed by atoms with Gasteiger partial charge in [0.15, 0.2) is 0 Å². The zero-order valence-electron chi connectivity index (χ0n) is 14.5.